The van der Waals surface area contributed by atoms with Crippen LogP contribution in [0.25, 0.3) is 0 Å². The Morgan fingerprint density at radius 1 is 1.30 bits per heavy atom. The molecule has 2 aliphatic heterocycles. The van der Waals surface area contributed by atoms with E-state index in [1.807, 2.05) is 24.5 Å². The van der Waals surface area contributed by atoms with Crippen LogP contribution in [-0.2, 0) is 24.3 Å². The molecule has 0 aliphatic carbocycles. The minimum Gasteiger partial charge on any atom is -0.376 e. The van der Waals surface area contributed by atoms with E-state index in [9.17, 15) is 4.79 Å². The SMILES string of the molecule is O=c1cc2c(nn1CC1CCCN1c1ccncc1)CCOC2. The predicted molar refractivity (Wildman–Crippen MR) is 86.5 cm³/mol. The summed E-state index contributed by atoms with van der Waals surface area (Å²) in [5.41, 5.74) is 3.08. The Hall–Kier alpha value is -2.21. The van der Waals surface area contributed by atoms with Crippen molar-refractivity contribution in [2.24, 2.45) is 0 Å². The van der Waals surface area contributed by atoms with Crippen molar-refractivity contribution in [3.05, 3.63) is 52.2 Å². The maximum absolute atomic E-state index is 12.3. The maximum atomic E-state index is 12.3. The van der Waals surface area contributed by atoms with Gasteiger partial charge in [0.15, 0.2) is 0 Å². The molecule has 23 heavy (non-hydrogen) atoms. The summed E-state index contributed by atoms with van der Waals surface area (Å²) in [5.74, 6) is 0. The smallest absolute Gasteiger partial charge is 0.267 e. The molecular formula is C17H20N4O2. The van der Waals surface area contributed by atoms with E-state index in [4.69, 9.17) is 4.74 Å². The largest absolute Gasteiger partial charge is 0.376 e. The van der Waals surface area contributed by atoms with Gasteiger partial charge in [-0.15, -0.1) is 0 Å². The molecule has 120 valence electrons. The summed E-state index contributed by atoms with van der Waals surface area (Å²) in [7, 11) is 0. The molecule has 0 N–H and O–H groups in total. The van der Waals surface area contributed by atoms with Gasteiger partial charge in [-0.1, -0.05) is 0 Å². The van der Waals surface area contributed by atoms with Gasteiger partial charge in [0.05, 0.1) is 25.5 Å². The van der Waals surface area contributed by atoms with Crippen LogP contribution in [0, 0.1) is 0 Å². The van der Waals surface area contributed by atoms with E-state index in [1.54, 1.807) is 10.7 Å². The van der Waals surface area contributed by atoms with Crippen LogP contribution in [-0.4, -0.2) is 34.0 Å². The van der Waals surface area contributed by atoms with Gasteiger partial charge in [-0.05, 0) is 25.0 Å². The molecule has 2 aromatic rings. The lowest BCUT2D eigenvalue weighted by molar-refractivity contribution is 0.108. The molecule has 0 radical (unpaired) electrons. The van der Waals surface area contributed by atoms with Crippen LogP contribution >= 0.6 is 0 Å². The fourth-order valence-corrected chi connectivity index (χ4v) is 3.48. The number of anilines is 1. The van der Waals surface area contributed by atoms with Crippen LogP contribution in [0.1, 0.15) is 24.1 Å². The number of pyridine rings is 1. The lowest BCUT2D eigenvalue weighted by Gasteiger charge is -2.27. The molecular weight excluding hydrogens is 292 g/mol. The number of ether oxygens (including phenoxy) is 1. The lowest BCUT2D eigenvalue weighted by Crippen LogP contribution is -2.38. The Balaban J connectivity index is 1.59. The van der Waals surface area contributed by atoms with E-state index < -0.39 is 0 Å². The molecule has 0 bridgehead atoms. The Bertz CT molecular complexity index is 744. The molecule has 6 heteroatoms. The fourth-order valence-electron chi connectivity index (χ4n) is 3.48. The van der Waals surface area contributed by atoms with Crippen molar-refractivity contribution < 1.29 is 4.74 Å². The van der Waals surface area contributed by atoms with Crippen LogP contribution in [0.15, 0.2) is 35.4 Å². The van der Waals surface area contributed by atoms with Crippen LogP contribution < -0.4 is 10.5 Å². The number of aromatic nitrogens is 3. The van der Waals surface area contributed by atoms with Crippen molar-refractivity contribution >= 4 is 5.69 Å². The van der Waals surface area contributed by atoms with E-state index in [0.29, 0.717) is 25.8 Å². The van der Waals surface area contributed by atoms with Crippen molar-refractivity contribution in [1.29, 1.82) is 0 Å². The van der Waals surface area contributed by atoms with Gasteiger partial charge < -0.3 is 9.64 Å². The highest BCUT2D eigenvalue weighted by molar-refractivity contribution is 5.46. The van der Waals surface area contributed by atoms with Crippen molar-refractivity contribution in [1.82, 2.24) is 14.8 Å². The van der Waals surface area contributed by atoms with E-state index in [2.05, 4.69) is 15.0 Å². The summed E-state index contributed by atoms with van der Waals surface area (Å²) >= 11 is 0. The molecule has 0 amide bonds. The summed E-state index contributed by atoms with van der Waals surface area (Å²) in [6.45, 7) is 2.84. The molecule has 2 aliphatic rings. The molecule has 1 unspecified atom stereocenters. The monoisotopic (exact) mass is 312 g/mol. The molecule has 0 aromatic carbocycles. The first-order chi connectivity index (χ1) is 11.3. The Kier molecular flexibility index (Phi) is 3.83. The van der Waals surface area contributed by atoms with Gasteiger partial charge in [0.1, 0.15) is 0 Å². The third-order valence-corrected chi connectivity index (χ3v) is 4.66. The summed E-state index contributed by atoms with van der Waals surface area (Å²) in [6, 6.07) is 6.05. The van der Waals surface area contributed by atoms with Gasteiger partial charge in [-0.25, -0.2) is 4.68 Å². The number of hydrogen-bond acceptors (Lipinski definition) is 5. The van der Waals surface area contributed by atoms with Crippen molar-refractivity contribution in [2.75, 3.05) is 18.1 Å². The second-order valence-corrected chi connectivity index (χ2v) is 6.13. The molecule has 1 atom stereocenters. The van der Waals surface area contributed by atoms with Crippen LogP contribution in [0.4, 0.5) is 5.69 Å². The van der Waals surface area contributed by atoms with Gasteiger partial charge >= 0.3 is 0 Å². The van der Waals surface area contributed by atoms with Gasteiger partial charge in [0, 0.05) is 48.7 Å². The average molecular weight is 312 g/mol. The van der Waals surface area contributed by atoms with Crippen molar-refractivity contribution in [2.45, 2.75) is 38.5 Å². The van der Waals surface area contributed by atoms with Crippen LogP contribution in [0.2, 0.25) is 0 Å². The second kappa shape index (κ2) is 6.12. The first kappa shape index (κ1) is 14.4. The predicted octanol–water partition coefficient (Wildman–Crippen LogP) is 1.38. The van der Waals surface area contributed by atoms with Crippen molar-refractivity contribution in [3.63, 3.8) is 0 Å². The van der Waals surface area contributed by atoms with E-state index in [1.165, 1.54) is 5.69 Å². The number of fused-ring (bicyclic) bond motifs is 1. The Morgan fingerprint density at radius 2 is 2.17 bits per heavy atom. The lowest BCUT2D eigenvalue weighted by atomic mass is 10.1. The highest BCUT2D eigenvalue weighted by Crippen LogP contribution is 2.25. The standard InChI is InChI=1S/C17H20N4O2/c22-17-10-13-12-23-9-5-16(13)19-21(17)11-15-2-1-8-20(15)14-3-6-18-7-4-14/h3-4,6-7,10,15H,1-2,5,8-9,11-12H2. The number of nitrogens with zero attached hydrogens (tertiary/aromatic N) is 4. The molecule has 4 heterocycles. The first-order valence-electron chi connectivity index (χ1n) is 8.15. The van der Waals surface area contributed by atoms with E-state index in [-0.39, 0.29) is 5.56 Å². The van der Waals surface area contributed by atoms with Crippen LogP contribution in [0.3, 0.4) is 0 Å². The zero-order chi connectivity index (χ0) is 15.6. The van der Waals surface area contributed by atoms with Gasteiger partial charge in [-0.2, -0.15) is 5.10 Å². The van der Waals surface area contributed by atoms with E-state index >= 15 is 0 Å². The maximum Gasteiger partial charge on any atom is 0.267 e. The highest BCUT2D eigenvalue weighted by Gasteiger charge is 2.26. The summed E-state index contributed by atoms with van der Waals surface area (Å²) in [5, 5.41) is 4.59. The van der Waals surface area contributed by atoms with Crippen LogP contribution in [0.5, 0.6) is 0 Å². The molecule has 4 rings (SSSR count). The van der Waals surface area contributed by atoms with Crippen molar-refractivity contribution in [3.8, 4) is 0 Å². The highest BCUT2D eigenvalue weighted by atomic mass is 16.5. The zero-order valence-electron chi connectivity index (χ0n) is 13.0. The quantitative estimate of drug-likeness (QED) is 0.857. The van der Waals surface area contributed by atoms with Gasteiger partial charge in [0.25, 0.3) is 5.56 Å². The minimum atomic E-state index is -0.0316. The minimum absolute atomic E-state index is 0.0316. The molecule has 2 aromatic heterocycles. The Morgan fingerprint density at radius 3 is 3.04 bits per heavy atom. The summed E-state index contributed by atoms with van der Waals surface area (Å²) in [6.07, 6.45) is 6.63. The second-order valence-electron chi connectivity index (χ2n) is 6.13. The number of hydrogen-bond donors (Lipinski definition) is 0. The third kappa shape index (κ3) is 2.86. The molecule has 1 fully saturated rings. The normalized spacial score (nSPS) is 20.5. The van der Waals surface area contributed by atoms with Gasteiger partial charge in [0.2, 0.25) is 0 Å². The summed E-state index contributed by atoms with van der Waals surface area (Å²) < 4.78 is 7.03. The summed E-state index contributed by atoms with van der Waals surface area (Å²) in [4.78, 5) is 18.8. The third-order valence-electron chi connectivity index (χ3n) is 4.66. The number of rotatable bonds is 3. The molecule has 6 nitrogen and oxygen atoms in total. The average Bonchev–Trinajstić information content (AvgIpc) is 3.04. The Labute approximate surface area is 134 Å². The molecule has 0 saturated carbocycles. The topological polar surface area (TPSA) is 60.2 Å². The van der Waals surface area contributed by atoms with Gasteiger partial charge in [-0.3, -0.25) is 9.78 Å². The molecule has 0 spiro atoms. The van der Waals surface area contributed by atoms with E-state index in [0.717, 1.165) is 37.1 Å². The molecule has 1 saturated heterocycles. The fraction of sp³-hybridized carbons (Fsp3) is 0.471. The zero-order valence-corrected chi connectivity index (χ0v) is 13.0. The first-order valence-corrected chi connectivity index (χ1v) is 8.15.